The minimum Gasteiger partial charge on any atom is -0.324 e. The Balaban J connectivity index is 1.55. The maximum Gasteiger partial charge on any atom is 0.274 e. The number of nitro groups is 1. The van der Waals surface area contributed by atoms with Crippen LogP contribution in [0.25, 0.3) is 0 Å². The molecule has 2 aromatic rings. The lowest BCUT2D eigenvalue weighted by molar-refractivity contribution is -0.385. The van der Waals surface area contributed by atoms with E-state index in [9.17, 15) is 24.5 Å². The molecule has 0 saturated carbocycles. The molecule has 3 fully saturated rings. The molecule has 3 saturated heterocycles. The molecule has 9 nitrogen and oxygen atoms in total. The molecule has 4 atom stereocenters. The van der Waals surface area contributed by atoms with E-state index >= 15 is 0 Å². The first-order valence-corrected chi connectivity index (χ1v) is 11.7. The van der Waals surface area contributed by atoms with E-state index in [0.717, 1.165) is 35.3 Å². The van der Waals surface area contributed by atoms with Crippen LogP contribution in [-0.4, -0.2) is 40.1 Å². The molecule has 4 aliphatic heterocycles. The van der Waals surface area contributed by atoms with Gasteiger partial charge in [0.25, 0.3) is 5.69 Å². The lowest BCUT2D eigenvalue weighted by Crippen LogP contribution is -2.54. The average Bonchev–Trinajstić information content (AvgIpc) is 3.52. The van der Waals surface area contributed by atoms with E-state index in [-0.39, 0.29) is 34.8 Å². The van der Waals surface area contributed by atoms with Gasteiger partial charge < -0.3 is 5.32 Å². The highest BCUT2D eigenvalue weighted by Crippen LogP contribution is 2.61. The second kappa shape index (κ2) is 6.96. The van der Waals surface area contributed by atoms with Crippen LogP contribution in [0.1, 0.15) is 36.5 Å². The zero-order valence-electron chi connectivity index (χ0n) is 18.9. The summed E-state index contributed by atoms with van der Waals surface area (Å²) in [7, 11) is 0. The molecule has 0 aliphatic carbocycles. The summed E-state index contributed by atoms with van der Waals surface area (Å²) in [6.45, 7) is 4.22. The van der Waals surface area contributed by atoms with E-state index in [4.69, 9.17) is 0 Å². The van der Waals surface area contributed by atoms with Crippen molar-refractivity contribution in [3.05, 3.63) is 63.2 Å². The SMILES string of the molecule is CCc1ccc2c(c1)[C@]1(C(=O)N2)[C@@H]2C(=O)N(c3cccc([N+](=O)[O-])c3C)C(=O)[C@H]2[C@H]2CCCN21. The van der Waals surface area contributed by atoms with Crippen molar-refractivity contribution in [3.8, 4) is 0 Å². The number of aryl methyl sites for hydroxylation is 1. The number of imide groups is 1. The maximum absolute atomic E-state index is 14.1. The number of hydrogen-bond acceptors (Lipinski definition) is 6. The second-order valence-corrected chi connectivity index (χ2v) is 9.55. The van der Waals surface area contributed by atoms with Gasteiger partial charge in [-0.15, -0.1) is 0 Å². The van der Waals surface area contributed by atoms with Gasteiger partial charge in [-0.1, -0.05) is 25.1 Å². The summed E-state index contributed by atoms with van der Waals surface area (Å²) in [5, 5.41) is 14.5. The molecular formula is C25H24N4O5. The molecule has 9 heteroatoms. The van der Waals surface area contributed by atoms with Crippen molar-refractivity contribution in [3.63, 3.8) is 0 Å². The first kappa shape index (κ1) is 21.0. The second-order valence-electron chi connectivity index (χ2n) is 9.55. The van der Waals surface area contributed by atoms with Crippen LogP contribution in [0, 0.1) is 28.9 Å². The third kappa shape index (κ3) is 2.34. The zero-order valence-corrected chi connectivity index (χ0v) is 18.9. The predicted molar refractivity (Wildman–Crippen MR) is 123 cm³/mol. The molecule has 1 N–H and O–H groups in total. The number of rotatable bonds is 3. The number of carbonyl (C=O) groups is 3. The van der Waals surface area contributed by atoms with Gasteiger partial charge in [0.05, 0.1) is 28.0 Å². The van der Waals surface area contributed by atoms with E-state index < -0.39 is 28.2 Å². The number of fused-ring (bicyclic) bond motifs is 7. The predicted octanol–water partition coefficient (Wildman–Crippen LogP) is 2.90. The molecule has 4 heterocycles. The number of hydrogen-bond donors (Lipinski definition) is 1. The van der Waals surface area contributed by atoms with Crippen molar-refractivity contribution >= 4 is 34.8 Å². The van der Waals surface area contributed by atoms with Gasteiger partial charge in [0.2, 0.25) is 17.7 Å². The van der Waals surface area contributed by atoms with Gasteiger partial charge >= 0.3 is 0 Å². The Labute approximate surface area is 195 Å². The number of nitrogens with one attached hydrogen (secondary N) is 1. The molecule has 4 aliphatic rings. The van der Waals surface area contributed by atoms with Crippen molar-refractivity contribution < 1.29 is 19.3 Å². The fraction of sp³-hybridized carbons (Fsp3) is 0.400. The quantitative estimate of drug-likeness (QED) is 0.428. The van der Waals surface area contributed by atoms with Gasteiger partial charge in [-0.2, -0.15) is 0 Å². The van der Waals surface area contributed by atoms with E-state index in [0.29, 0.717) is 12.2 Å². The summed E-state index contributed by atoms with van der Waals surface area (Å²) in [5.41, 5.74) is 1.58. The van der Waals surface area contributed by atoms with Crippen LogP contribution in [-0.2, 0) is 26.3 Å². The highest BCUT2D eigenvalue weighted by Gasteiger charge is 2.74. The van der Waals surface area contributed by atoms with Gasteiger partial charge in [-0.25, -0.2) is 4.90 Å². The highest BCUT2D eigenvalue weighted by atomic mass is 16.6. The van der Waals surface area contributed by atoms with Gasteiger partial charge in [-0.3, -0.25) is 29.4 Å². The lowest BCUT2D eigenvalue weighted by Gasteiger charge is -2.37. The van der Waals surface area contributed by atoms with Crippen molar-refractivity contribution in [2.45, 2.75) is 44.7 Å². The summed E-state index contributed by atoms with van der Waals surface area (Å²) in [5.74, 6) is -2.65. The fourth-order valence-electron chi connectivity index (χ4n) is 6.76. The normalized spacial score (nSPS) is 29.5. The van der Waals surface area contributed by atoms with Crippen molar-refractivity contribution in [2.75, 3.05) is 16.8 Å². The third-order valence-electron chi connectivity index (χ3n) is 8.18. The highest BCUT2D eigenvalue weighted by molar-refractivity contribution is 6.26. The summed E-state index contributed by atoms with van der Waals surface area (Å²) < 4.78 is 0. The number of anilines is 2. The van der Waals surface area contributed by atoms with Crippen LogP contribution in [0.5, 0.6) is 0 Å². The molecule has 3 amide bonds. The maximum atomic E-state index is 14.1. The molecule has 34 heavy (non-hydrogen) atoms. The van der Waals surface area contributed by atoms with Gasteiger partial charge in [0.1, 0.15) is 5.54 Å². The summed E-state index contributed by atoms with van der Waals surface area (Å²) in [4.78, 5) is 55.8. The molecule has 0 bridgehead atoms. The number of nitrogens with zero attached hydrogens (tertiary/aromatic N) is 3. The number of carbonyl (C=O) groups excluding carboxylic acids is 3. The standard InChI is InChI=1S/C25H24N4O5/c1-3-14-9-10-16-15(12-14)25(24(32)26-16)21-20(19-8-5-11-27(19)25)22(30)28(23(21)31)17-6-4-7-18(13(17)2)29(33)34/h4,6-7,9-10,12,19-21H,3,5,8,11H2,1-2H3,(H,26,32)/t19-,20+,21+,25-/m1/s1. The lowest BCUT2D eigenvalue weighted by atomic mass is 9.75. The van der Waals surface area contributed by atoms with Crippen LogP contribution in [0.3, 0.4) is 0 Å². The van der Waals surface area contributed by atoms with Crippen LogP contribution < -0.4 is 10.2 Å². The third-order valence-corrected chi connectivity index (χ3v) is 8.18. The monoisotopic (exact) mass is 460 g/mol. The van der Waals surface area contributed by atoms with Gasteiger partial charge in [0, 0.05) is 23.4 Å². The Kier molecular flexibility index (Phi) is 4.29. The van der Waals surface area contributed by atoms with E-state index in [2.05, 4.69) is 10.2 Å². The Morgan fingerprint density at radius 1 is 1.18 bits per heavy atom. The summed E-state index contributed by atoms with van der Waals surface area (Å²) in [6.07, 6.45) is 2.34. The Hall–Kier alpha value is -3.59. The minimum atomic E-state index is -1.25. The average molecular weight is 460 g/mol. The summed E-state index contributed by atoms with van der Waals surface area (Å²) >= 11 is 0. The van der Waals surface area contributed by atoms with Crippen LogP contribution in [0.15, 0.2) is 36.4 Å². The molecule has 1 spiro atoms. The minimum absolute atomic E-state index is 0.149. The number of amides is 3. The Bertz CT molecular complexity index is 1310. The first-order chi connectivity index (χ1) is 16.3. The zero-order chi connectivity index (χ0) is 23.9. The van der Waals surface area contributed by atoms with Gasteiger partial charge in [0.15, 0.2) is 0 Å². The molecule has 0 aromatic heterocycles. The Morgan fingerprint density at radius 3 is 2.71 bits per heavy atom. The van der Waals surface area contributed by atoms with E-state index in [1.165, 1.54) is 12.1 Å². The molecule has 6 rings (SSSR count). The number of benzene rings is 2. The van der Waals surface area contributed by atoms with Crippen molar-refractivity contribution in [2.24, 2.45) is 11.8 Å². The van der Waals surface area contributed by atoms with Crippen LogP contribution in [0.4, 0.5) is 17.1 Å². The van der Waals surface area contributed by atoms with E-state index in [1.807, 2.05) is 25.1 Å². The molecule has 0 unspecified atom stereocenters. The molecular weight excluding hydrogens is 436 g/mol. The smallest absolute Gasteiger partial charge is 0.274 e. The molecule has 2 aromatic carbocycles. The van der Waals surface area contributed by atoms with Crippen LogP contribution in [0.2, 0.25) is 0 Å². The number of nitro benzene ring substituents is 1. The summed E-state index contributed by atoms with van der Waals surface area (Å²) in [6, 6.07) is 10.0. The van der Waals surface area contributed by atoms with Crippen molar-refractivity contribution in [1.29, 1.82) is 0 Å². The Morgan fingerprint density at radius 2 is 1.97 bits per heavy atom. The molecule has 174 valence electrons. The van der Waals surface area contributed by atoms with Gasteiger partial charge in [-0.05, 0) is 50.4 Å². The molecule has 0 radical (unpaired) electrons. The van der Waals surface area contributed by atoms with Crippen LogP contribution >= 0.6 is 0 Å². The first-order valence-electron chi connectivity index (χ1n) is 11.7. The topological polar surface area (TPSA) is 113 Å². The largest absolute Gasteiger partial charge is 0.324 e. The van der Waals surface area contributed by atoms with Crippen molar-refractivity contribution in [1.82, 2.24) is 4.90 Å². The van der Waals surface area contributed by atoms with E-state index in [1.54, 1.807) is 13.0 Å². The fourth-order valence-corrected chi connectivity index (χ4v) is 6.76.